The van der Waals surface area contributed by atoms with Gasteiger partial charge in [-0.3, -0.25) is 4.99 Å². The minimum absolute atomic E-state index is 0.256. The zero-order valence-electron chi connectivity index (χ0n) is 16.2. The van der Waals surface area contributed by atoms with Crippen molar-refractivity contribution in [2.45, 2.75) is 31.9 Å². The van der Waals surface area contributed by atoms with E-state index in [1.165, 1.54) is 0 Å². The molecule has 1 aliphatic rings. The molecule has 0 amide bonds. The number of anilines is 1. The number of hydrogen-bond donors (Lipinski definition) is 3. The number of nitrogens with zero attached hydrogens (tertiary/aromatic N) is 3. The van der Waals surface area contributed by atoms with Gasteiger partial charge in [-0.05, 0) is 38.0 Å². The second-order valence-electron chi connectivity index (χ2n) is 6.85. The Balaban J connectivity index is 1.54. The van der Waals surface area contributed by atoms with Crippen molar-refractivity contribution < 1.29 is 5.11 Å². The fourth-order valence-electron chi connectivity index (χ4n) is 3.33. The van der Waals surface area contributed by atoms with Crippen LogP contribution in [0.5, 0.6) is 0 Å². The molecule has 1 atom stereocenters. The second-order valence-corrected chi connectivity index (χ2v) is 7.26. The lowest BCUT2D eigenvalue weighted by atomic mass is 10.1. The number of piperidine rings is 1. The van der Waals surface area contributed by atoms with E-state index < -0.39 is 6.10 Å². The Morgan fingerprint density at radius 1 is 1.25 bits per heavy atom. The number of aliphatic hydroxyl groups excluding tert-OH is 1. The molecule has 1 unspecified atom stereocenters. The Labute approximate surface area is 171 Å². The fraction of sp³-hybridized carbons (Fsp3) is 0.429. The van der Waals surface area contributed by atoms with Gasteiger partial charge < -0.3 is 20.6 Å². The Morgan fingerprint density at radius 2 is 2.00 bits per heavy atom. The first-order valence-electron chi connectivity index (χ1n) is 9.80. The van der Waals surface area contributed by atoms with Gasteiger partial charge in [0.25, 0.3) is 0 Å². The third kappa shape index (κ3) is 5.59. The van der Waals surface area contributed by atoms with E-state index >= 15 is 0 Å². The average molecular weight is 402 g/mol. The number of nitrogens with one attached hydrogen (secondary N) is 2. The molecule has 1 fully saturated rings. The van der Waals surface area contributed by atoms with Crippen LogP contribution in [0.4, 0.5) is 5.82 Å². The van der Waals surface area contributed by atoms with Gasteiger partial charge in [0.2, 0.25) is 0 Å². The van der Waals surface area contributed by atoms with E-state index in [4.69, 9.17) is 11.6 Å². The molecule has 1 aliphatic heterocycles. The number of pyridine rings is 1. The molecular weight excluding hydrogens is 374 g/mol. The number of aliphatic imine (C=N–C) groups is 1. The summed E-state index contributed by atoms with van der Waals surface area (Å²) in [7, 11) is 0. The summed E-state index contributed by atoms with van der Waals surface area (Å²) in [5.74, 6) is 1.76. The maximum absolute atomic E-state index is 10.4. The van der Waals surface area contributed by atoms with E-state index in [1.54, 1.807) is 6.07 Å². The molecule has 1 aromatic carbocycles. The molecule has 2 aromatic rings. The van der Waals surface area contributed by atoms with Crippen molar-refractivity contribution in [1.29, 1.82) is 0 Å². The second kappa shape index (κ2) is 10.3. The van der Waals surface area contributed by atoms with Crippen LogP contribution >= 0.6 is 11.6 Å². The number of halogens is 1. The zero-order valence-corrected chi connectivity index (χ0v) is 16.9. The lowest BCUT2D eigenvalue weighted by molar-refractivity contribution is 0.187. The Bertz CT molecular complexity index is 762. The third-order valence-corrected chi connectivity index (χ3v) is 5.18. The van der Waals surface area contributed by atoms with Crippen LogP contribution in [0.3, 0.4) is 0 Å². The largest absolute Gasteiger partial charge is 0.386 e. The molecule has 0 bridgehead atoms. The molecule has 3 N–H and O–H groups in total. The van der Waals surface area contributed by atoms with Gasteiger partial charge in [-0.15, -0.1) is 0 Å². The maximum atomic E-state index is 10.4. The number of benzene rings is 1. The van der Waals surface area contributed by atoms with Crippen LogP contribution in [0, 0.1) is 0 Å². The number of rotatable bonds is 6. The van der Waals surface area contributed by atoms with Gasteiger partial charge in [0.05, 0.1) is 6.54 Å². The summed E-state index contributed by atoms with van der Waals surface area (Å²) in [6.07, 6.45) is 3.12. The van der Waals surface area contributed by atoms with E-state index in [0.717, 1.165) is 44.3 Å². The van der Waals surface area contributed by atoms with Crippen LogP contribution in [0.2, 0.25) is 5.02 Å². The Hall–Kier alpha value is -2.31. The fourth-order valence-corrected chi connectivity index (χ4v) is 3.59. The van der Waals surface area contributed by atoms with Gasteiger partial charge >= 0.3 is 0 Å². The summed E-state index contributed by atoms with van der Waals surface area (Å²) in [6, 6.07) is 13.7. The van der Waals surface area contributed by atoms with Gasteiger partial charge in [0.15, 0.2) is 5.96 Å². The van der Waals surface area contributed by atoms with Crippen molar-refractivity contribution >= 4 is 23.4 Å². The molecular formula is C21H28ClN5O. The van der Waals surface area contributed by atoms with E-state index in [2.05, 4.69) is 31.6 Å². The molecule has 0 aliphatic carbocycles. The highest BCUT2D eigenvalue weighted by Crippen LogP contribution is 2.22. The summed E-state index contributed by atoms with van der Waals surface area (Å²) in [5, 5.41) is 17.7. The van der Waals surface area contributed by atoms with Gasteiger partial charge in [-0.25, -0.2) is 4.98 Å². The van der Waals surface area contributed by atoms with Gasteiger partial charge in [-0.2, -0.15) is 0 Å². The van der Waals surface area contributed by atoms with E-state index in [-0.39, 0.29) is 6.54 Å². The van der Waals surface area contributed by atoms with Gasteiger partial charge in [-0.1, -0.05) is 35.9 Å². The first-order chi connectivity index (χ1) is 13.7. The van der Waals surface area contributed by atoms with Crippen LogP contribution in [0.25, 0.3) is 0 Å². The highest BCUT2D eigenvalue weighted by molar-refractivity contribution is 6.31. The summed E-state index contributed by atoms with van der Waals surface area (Å²) in [4.78, 5) is 11.3. The molecule has 1 saturated heterocycles. The van der Waals surface area contributed by atoms with Crippen molar-refractivity contribution in [3.8, 4) is 0 Å². The smallest absolute Gasteiger partial charge is 0.191 e. The summed E-state index contributed by atoms with van der Waals surface area (Å²) >= 11 is 6.17. The minimum atomic E-state index is -0.727. The molecule has 150 valence electrons. The topological polar surface area (TPSA) is 72.8 Å². The predicted octanol–water partition coefficient (Wildman–Crippen LogP) is 2.99. The van der Waals surface area contributed by atoms with Gasteiger partial charge in [0.1, 0.15) is 11.9 Å². The molecule has 2 heterocycles. The normalized spacial score (nSPS) is 16.7. The van der Waals surface area contributed by atoms with E-state index in [9.17, 15) is 5.11 Å². The summed E-state index contributed by atoms with van der Waals surface area (Å²) in [6.45, 7) is 4.96. The van der Waals surface area contributed by atoms with Gasteiger partial charge in [0, 0.05) is 42.5 Å². The SMILES string of the molecule is CCNC(=NCC(O)c1ccccc1Cl)NC1CCN(c2ccccn2)CC1. The zero-order chi connectivity index (χ0) is 19.8. The van der Waals surface area contributed by atoms with E-state index in [0.29, 0.717) is 16.6 Å². The van der Waals surface area contributed by atoms with Crippen molar-refractivity contribution in [1.82, 2.24) is 15.6 Å². The standard InChI is InChI=1S/C21H28ClN5O/c1-2-23-21(25-15-19(28)17-7-3-4-8-18(17)22)26-16-10-13-27(14-11-16)20-9-5-6-12-24-20/h3-9,12,16,19,28H,2,10-11,13-15H2,1H3,(H2,23,25,26). The first-order valence-corrected chi connectivity index (χ1v) is 10.2. The predicted molar refractivity (Wildman–Crippen MR) is 115 cm³/mol. The first kappa shape index (κ1) is 20.4. The van der Waals surface area contributed by atoms with Crippen molar-refractivity contribution in [3.05, 3.63) is 59.2 Å². The summed E-state index contributed by atoms with van der Waals surface area (Å²) in [5.41, 5.74) is 0.701. The molecule has 3 rings (SSSR count). The molecule has 28 heavy (non-hydrogen) atoms. The van der Waals surface area contributed by atoms with Crippen LogP contribution in [-0.4, -0.2) is 48.3 Å². The number of aliphatic hydroxyl groups is 1. The third-order valence-electron chi connectivity index (χ3n) is 4.84. The molecule has 0 radical (unpaired) electrons. The number of hydrogen-bond acceptors (Lipinski definition) is 4. The molecule has 0 saturated carbocycles. The molecule has 0 spiro atoms. The van der Waals surface area contributed by atoms with Crippen molar-refractivity contribution in [3.63, 3.8) is 0 Å². The lowest BCUT2D eigenvalue weighted by Gasteiger charge is -2.33. The quantitative estimate of drug-likeness (QED) is 0.512. The average Bonchev–Trinajstić information content (AvgIpc) is 2.73. The monoisotopic (exact) mass is 401 g/mol. The summed E-state index contributed by atoms with van der Waals surface area (Å²) < 4.78 is 0. The highest BCUT2D eigenvalue weighted by Gasteiger charge is 2.21. The maximum Gasteiger partial charge on any atom is 0.191 e. The lowest BCUT2D eigenvalue weighted by Crippen LogP contribution is -2.49. The highest BCUT2D eigenvalue weighted by atomic mass is 35.5. The molecule has 7 heteroatoms. The van der Waals surface area contributed by atoms with Crippen molar-refractivity contribution in [2.75, 3.05) is 31.1 Å². The van der Waals surface area contributed by atoms with Crippen LogP contribution < -0.4 is 15.5 Å². The minimum Gasteiger partial charge on any atom is -0.386 e. The molecule has 6 nitrogen and oxygen atoms in total. The van der Waals surface area contributed by atoms with Crippen LogP contribution in [0.15, 0.2) is 53.7 Å². The van der Waals surface area contributed by atoms with E-state index in [1.807, 2.05) is 43.5 Å². The Kier molecular flexibility index (Phi) is 7.51. The molecule has 1 aromatic heterocycles. The van der Waals surface area contributed by atoms with Crippen molar-refractivity contribution in [2.24, 2.45) is 4.99 Å². The van der Waals surface area contributed by atoms with Crippen LogP contribution in [0.1, 0.15) is 31.4 Å². The number of aromatic nitrogens is 1. The number of guanidine groups is 1. The van der Waals surface area contributed by atoms with Crippen LogP contribution in [-0.2, 0) is 0 Å². The Morgan fingerprint density at radius 3 is 2.68 bits per heavy atom.